The summed E-state index contributed by atoms with van der Waals surface area (Å²) in [5, 5.41) is 20.1. The van der Waals surface area contributed by atoms with E-state index in [9.17, 15) is 10.2 Å². The molecule has 0 radical (unpaired) electrons. The van der Waals surface area contributed by atoms with Gasteiger partial charge in [-0.2, -0.15) is 0 Å². The molecule has 0 fully saturated rings. The van der Waals surface area contributed by atoms with Crippen molar-refractivity contribution < 1.29 is 19.7 Å². The Morgan fingerprint density at radius 3 is 1.15 bits per heavy atom. The fourth-order valence-corrected chi connectivity index (χ4v) is 0.333. The van der Waals surface area contributed by atoms with Crippen LogP contribution in [0.25, 0.3) is 0 Å². The average molecular weight is 187 g/mol. The summed E-state index contributed by atoms with van der Waals surface area (Å²) < 4.78 is 8.69. The first kappa shape index (κ1) is 18.7. The molecule has 2 atom stereocenters. The van der Waals surface area contributed by atoms with Crippen LogP contribution in [0, 0.1) is 0 Å². The van der Waals surface area contributed by atoms with Crippen LogP contribution < -0.4 is 10.2 Å². The maximum atomic E-state index is 10.0. The Balaban J connectivity index is -0.000000143. The normalized spacial score (nSPS) is 13.4. The third kappa shape index (κ3) is 18.8. The zero-order valence-corrected chi connectivity index (χ0v) is 8.91. The van der Waals surface area contributed by atoms with Gasteiger partial charge in [-0.1, -0.05) is 13.8 Å². The van der Waals surface area contributed by atoms with E-state index in [1.807, 2.05) is 0 Å². The van der Waals surface area contributed by atoms with E-state index in [2.05, 4.69) is 9.47 Å². The molecule has 0 amide bonds. The Morgan fingerprint density at radius 2 is 1.15 bits per heavy atom. The second-order valence-corrected chi connectivity index (χ2v) is 2.15. The van der Waals surface area contributed by atoms with Gasteiger partial charge in [0.25, 0.3) is 0 Å². The average Bonchev–Trinajstić information content (AvgIpc) is 2.16. The fraction of sp³-hybridized carbons (Fsp3) is 1.00. The largest absolute Gasteiger partial charge is 2.00 e. The van der Waals surface area contributed by atoms with Crippen LogP contribution in [-0.4, -0.2) is 36.9 Å². The van der Waals surface area contributed by atoms with Gasteiger partial charge in [-0.25, -0.2) is 0 Å². The van der Waals surface area contributed by atoms with E-state index in [1.54, 1.807) is 13.8 Å². The second-order valence-electron chi connectivity index (χ2n) is 2.15. The molecule has 0 rings (SSSR count). The molecule has 0 N–H and O–H groups in total. The minimum Gasteiger partial charge on any atom is -0.831 e. The fourth-order valence-electron chi connectivity index (χ4n) is 0.333. The molecule has 0 spiro atoms. The number of rotatable bonds is 4. The molecular formula is C8H18BeO4. The van der Waals surface area contributed by atoms with E-state index in [4.69, 9.17) is 0 Å². The molecule has 0 aromatic carbocycles. The summed E-state index contributed by atoms with van der Waals surface area (Å²) in [7, 11) is 2.84. The minimum atomic E-state index is -0.815. The van der Waals surface area contributed by atoms with Crippen LogP contribution in [0.3, 0.4) is 0 Å². The van der Waals surface area contributed by atoms with E-state index < -0.39 is 12.6 Å². The van der Waals surface area contributed by atoms with Gasteiger partial charge in [-0.3, -0.25) is 0 Å². The number of methoxy groups -OCH3 is 2. The van der Waals surface area contributed by atoms with Crippen LogP contribution in [0.5, 0.6) is 0 Å². The summed E-state index contributed by atoms with van der Waals surface area (Å²) in [6.07, 6.45) is -0.525. The molecule has 0 aliphatic heterocycles. The zero-order chi connectivity index (χ0) is 9.98. The standard InChI is InChI=1S/2C4H9O2.Be/c2*1-3-4(5)6-2;/h2*4H,3H2,1-2H3;/q2*-1;+2. The maximum Gasteiger partial charge on any atom is 2.00 e. The number of ether oxygens (including phenoxy) is 2. The molecule has 4 nitrogen and oxygen atoms in total. The molecule has 2 unspecified atom stereocenters. The Kier molecular flexibility index (Phi) is 20.9. The van der Waals surface area contributed by atoms with Crippen LogP contribution in [-0.2, 0) is 9.47 Å². The molecule has 13 heavy (non-hydrogen) atoms. The summed E-state index contributed by atoms with van der Waals surface area (Å²) in [5.74, 6) is 0. The summed E-state index contributed by atoms with van der Waals surface area (Å²) in [5.41, 5.74) is 0. The first-order valence-corrected chi connectivity index (χ1v) is 3.99. The van der Waals surface area contributed by atoms with Crippen LogP contribution in [0.4, 0.5) is 0 Å². The SMILES string of the molecule is CCC([O-])OC.CCC([O-])OC.[Be+2]. The summed E-state index contributed by atoms with van der Waals surface area (Å²) in [6, 6.07) is 0. The Labute approximate surface area is 84.1 Å². The molecule has 0 aromatic rings. The quantitative estimate of drug-likeness (QED) is 0.421. The van der Waals surface area contributed by atoms with Crippen LogP contribution >= 0.6 is 0 Å². The van der Waals surface area contributed by atoms with Gasteiger partial charge in [0.1, 0.15) is 0 Å². The van der Waals surface area contributed by atoms with Crippen molar-refractivity contribution in [1.29, 1.82) is 0 Å². The predicted molar refractivity (Wildman–Crippen MR) is 47.9 cm³/mol. The monoisotopic (exact) mass is 187 g/mol. The molecular weight excluding hydrogens is 169 g/mol. The van der Waals surface area contributed by atoms with Crippen molar-refractivity contribution in [3.63, 3.8) is 0 Å². The van der Waals surface area contributed by atoms with Gasteiger partial charge in [0.05, 0.1) is 0 Å². The van der Waals surface area contributed by atoms with Gasteiger partial charge in [0.15, 0.2) is 0 Å². The second kappa shape index (κ2) is 14.5. The van der Waals surface area contributed by atoms with Crippen molar-refractivity contribution in [3.8, 4) is 0 Å². The van der Waals surface area contributed by atoms with E-state index >= 15 is 0 Å². The Bertz CT molecular complexity index is 64.5. The topological polar surface area (TPSA) is 64.6 Å². The molecule has 0 heterocycles. The number of hydrogen-bond donors (Lipinski definition) is 0. The van der Waals surface area contributed by atoms with Gasteiger partial charge >= 0.3 is 10.1 Å². The van der Waals surface area contributed by atoms with Gasteiger partial charge in [0, 0.05) is 14.2 Å². The van der Waals surface area contributed by atoms with Crippen molar-refractivity contribution in [3.05, 3.63) is 0 Å². The third-order valence-electron chi connectivity index (χ3n) is 1.19. The van der Waals surface area contributed by atoms with Gasteiger partial charge in [0.2, 0.25) is 0 Å². The molecule has 0 aliphatic rings. The van der Waals surface area contributed by atoms with Crippen molar-refractivity contribution in [2.45, 2.75) is 39.3 Å². The maximum absolute atomic E-state index is 10.0. The van der Waals surface area contributed by atoms with Gasteiger partial charge in [-0.15, -0.1) is 0 Å². The summed E-state index contributed by atoms with van der Waals surface area (Å²) >= 11 is 0. The van der Waals surface area contributed by atoms with Crippen LogP contribution in [0.2, 0.25) is 0 Å². The Morgan fingerprint density at radius 1 is 0.923 bits per heavy atom. The molecule has 5 heteroatoms. The van der Waals surface area contributed by atoms with Crippen molar-refractivity contribution in [1.82, 2.24) is 0 Å². The first-order chi connectivity index (χ1) is 5.62. The molecule has 0 aromatic heterocycles. The van der Waals surface area contributed by atoms with Crippen molar-refractivity contribution in [2.75, 3.05) is 14.2 Å². The smallest absolute Gasteiger partial charge is 0.831 e. The molecule has 76 valence electrons. The molecule has 0 saturated carbocycles. The zero-order valence-electron chi connectivity index (χ0n) is 8.91. The molecule has 0 aliphatic carbocycles. The van der Waals surface area contributed by atoms with Crippen LogP contribution in [0.15, 0.2) is 0 Å². The minimum absolute atomic E-state index is 0. The Hall–Kier alpha value is 0.00883. The predicted octanol–water partition coefficient (Wildman–Crippen LogP) is -0.922. The van der Waals surface area contributed by atoms with Crippen molar-refractivity contribution in [2.24, 2.45) is 0 Å². The van der Waals surface area contributed by atoms with E-state index in [0.29, 0.717) is 12.8 Å². The van der Waals surface area contributed by atoms with Crippen LogP contribution in [0.1, 0.15) is 26.7 Å². The van der Waals surface area contributed by atoms with E-state index in [-0.39, 0.29) is 10.1 Å². The third-order valence-corrected chi connectivity index (χ3v) is 1.19. The van der Waals surface area contributed by atoms with Gasteiger partial charge < -0.3 is 19.7 Å². The number of hydrogen-bond acceptors (Lipinski definition) is 4. The molecule has 0 bridgehead atoms. The summed E-state index contributed by atoms with van der Waals surface area (Å²) in [6.45, 7) is 3.59. The van der Waals surface area contributed by atoms with E-state index in [1.165, 1.54) is 14.2 Å². The van der Waals surface area contributed by atoms with Gasteiger partial charge in [-0.05, 0) is 25.4 Å². The molecule has 0 saturated heterocycles. The summed E-state index contributed by atoms with van der Waals surface area (Å²) in [4.78, 5) is 0. The van der Waals surface area contributed by atoms with E-state index in [0.717, 1.165) is 0 Å². The van der Waals surface area contributed by atoms with Crippen molar-refractivity contribution >= 4 is 10.1 Å². The first-order valence-electron chi connectivity index (χ1n) is 3.99.